The van der Waals surface area contributed by atoms with Crippen LogP contribution in [0, 0.1) is 12.8 Å². The highest BCUT2D eigenvalue weighted by Crippen LogP contribution is 2.32. The fourth-order valence-corrected chi connectivity index (χ4v) is 3.05. The maximum Gasteiger partial charge on any atom is 0.121 e. The standard InChI is InChI=1S/C17H27NO2/c1-13-6-8-17(12-19,9-7-13)18-11-15-4-5-16(20-3)14(2)10-15/h4-5,10,13,18-19H,6-9,11-12H2,1-3H3. The van der Waals surface area contributed by atoms with E-state index in [0.717, 1.165) is 36.6 Å². The smallest absolute Gasteiger partial charge is 0.121 e. The van der Waals surface area contributed by atoms with Crippen molar-refractivity contribution in [1.82, 2.24) is 5.32 Å². The molecule has 112 valence electrons. The number of methoxy groups -OCH3 is 1. The largest absolute Gasteiger partial charge is 0.496 e. The Labute approximate surface area is 122 Å². The average Bonchev–Trinajstić information content (AvgIpc) is 2.47. The minimum atomic E-state index is -0.0830. The Morgan fingerprint density at radius 2 is 2.05 bits per heavy atom. The molecule has 0 unspecified atom stereocenters. The van der Waals surface area contributed by atoms with Crippen LogP contribution in [-0.4, -0.2) is 24.4 Å². The van der Waals surface area contributed by atoms with Crippen molar-refractivity contribution < 1.29 is 9.84 Å². The van der Waals surface area contributed by atoms with Gasteiger partial charge in [-0.15, -0.1) is 0 Å². The van der Waals surface area contributed by atoms with Crippen molar-refractivity contribution in [3.8, 4) is 5.75 Å². The lowest BCUT2D eigenvalue weighted by Crippen LogP contribution is -2.50. The molecule has 0 radical (unpaired) electrons. The first kappa shape index (κ1) is 15.3. The van der Waals surface area contributed by atoms with Gasteiger partial charge < -0.3 is 15.2 Å². The predicted molar refractivity (Wildman–Crippen MR) is 82.0 cm³/mol. The normalized spacial score (nSPS) is 26.5. The van der Waals surface area contributed by atoms with Crippen LogP contribution in [0.25, 0.3) is 0 Å². The Morgan fingerprint density at radius 1 is 1.35 bits per heavy atom. The van der Waals surface area contributed by atoms with Gasteiger partial charge in [0.1, 0.15) is 5.75 Å². The molecule has 20 heavy (non-hydrogen) atoms. The van der Waals surface area contributed by atoms with Crippen molar-refractivity contribution in [2.45, 2.75) is 51.6 Å². The van der Waals surface area contributed by atoms with Crippen LogP contribution < -0.4 is 10.1 Å². The molecular weight excluding hydrogens is 250 g/mol. The molecule has 1 aromatic rings. The summed E-state index contributed by atoms with van der Waals surface area (Å²) in [5.74, 6) is 1.72. The minimum Gasteiger partial charge on any atom is -0.496 e. The third-order valence-electron chi connectivity index (χ3n) is 4.66. The van der Waals surface area contributed by atoms with Gasteiger partial charge in [0.25, 0.3) is 0 Å². The molecule has 0 bridgehead atoms. The lowest BCUT2D eigenvalue weighted by Gasteiger charge is -2.39. The molecule has 1 fully saturated rings. The molecule has 2 N–H and O–H groups in total. The first-order valence-electron chi connectivity index (χ1n) is 7.58. The van der Waals surface area contributed by atoms with E-state index < -0.39 is 0 Å². The Bertz CT molecular complexity index is 437. The van der Waals surface area contributed by atoms with E-state index in [4.69, 9.17) is 4.74 Å². The van der Waals surface area contributed by atoms with Gasteiger partial charge in [-0.05, 0) is 55.7 Å². The minimum absolute atomic E-state index is 0.0830. The van der Waals surface area contributed by atoms with E-state index in [1.807, 2.05) is 6.07 Å². The van der Waals surface area contributed by atoms with Crippen molar-refractivity contribution >= 4 is 0 Å². The lowest BCUT2D eigenvalue weighted by molar-refractivity contribution is 0.104. The predicted octanol–water partition coefficient (Wildman–Crippen LogP) is 3.03. The quantitative estimate of drug-likeness (QED) is 0.869. The van der Waals surface area contributed by atoms with Gasteiger partial charge >= 0.3 is 0 Å². The van der Waals surface area contributed by atoms with E-state index in [9.17, 15) is 5.11 Å². The van der Waals surface area contributed by atoms with Crippen LogP contribution in [0.5, 0.6) is 5.75 Å². The monoisotopic (exact) mass is 277 g/mol. The highest BCUT2D eigenvalue weighted by Gasteiger charge is 2.32. The summed E-state index contributed by atoms with van der Waals surface area (Å²) >= 11 is 0. The first-order chi connectivity index (χ1) is 9.58. The van der Waals surface area contributed by atoms with Gasteiger partial charge in [0, 0.05) is 12.1 Å². The summed E-state index contributed by atoms with van der Waals surface area (Å²) in [5, 5.41) is 13.4. The molecule has 2 rings (SSSR count). The summed E-state index contributed by atoms with van der Waals surface area (Å²) in [5.41, 5.74) is 2.32. The van der Waals surface area contributed by atoms with Gasteiger partial charge in [-0.1, -0.05) is 19.1 Å². The van der Waals surface area contributed by atoms with E-state index in [2.05, 4.69) is 31.3 Å². The molecule has 1 aromatic carbocycles. The fourth-order valence-electron chi connectivity index (χ4n) is 3.05. The van der Waals surface area contributed by atoms with Gasteiger partial charge in [0.2, 0.25) is 0 Å². The number of nitrogens with one attached hydrogen (secondary N) is 1. The SMILES string of the molecule is COc1ccc(CNC2(CO)CCC(C)CC2)cc1C. The highest BCUT2D eigenvalue weighted by molar-refractivity contribution is 5.36. The summed E-state index contributed by atoms with van der Waals surface area (Å²) in [6, 6.07) is 6.26. The molecule has 1 aliphatic rings. The van der Waals surface area contributed by atoms with Gasteiger partial charge in [-0.2, -0.15) is 0 Å². The van der Waals surface area contributed by atoms with Gasteiger partial charge in [-0.25, -0.2) is 0 Å². The van der Waals surface area contributed by atoms with E-state index >= 15 is 0 Å². The van der Waals surface area contributed by atoms with Crippen molar-refractivity contribution in [2.75, 3.05) is 13.7 Å². The number of aryl methyl sites for hydroxylation is 1. The van der Waals surface area contributed by atoms with Crippen LogP contribution in [0.3, 0.4) is 0 Å². The van der Waals surface area contributed by atoms with Crippen LogP contribution in [0.4, 0.5) is 0 Å². The molecule has 3 heteroatoms. The third-order valence-corrected chi connectivity index (χ3v) is 4.66. The molecule has 0 aromatic heterocycles. The Morgan fingerprint density at radius 3 is 2.60 bits per heavy atom. The van der Waals surface area contributed by atoms with Gasteiger partial charge in [-0.3, -0.25) is 0 Å². The van der Waals surface area contributed by atoms with Crippen molar-refractivity contribution in [1.29, 1.82) is 0 Å². The Kier molecular flexibility index (Phi) is 5.06. The zero-order valence-electron chi connectivity index (χ0n) is 12.9. The maximum absolute atomic E-state index is 9.76. The molecule has 3 nitrogen and oxygen atoms in total. The molecule has 1 saturated carbocycles. The van der Waals surface area contributed by atoms with Gasteiger partial charge in [0.15, 0.2) is 0 Å². The summed E-state index contributed by atoms with van der Waals surface area (Å²) in [7, 11) is 1.70. The Hall–Kier alpha value is -1.06. The number of hydrogen-bond acceptors (Lipinski definition) is 3. The van der Waals surface area contributed by atoms with E-state index in [0.29, 0.717) is 0 Å². The molecule has 0 spiro atoms. The average molecular weight is 277 g/mol. The maximum atomic E-state index is 9.76. The van der Waals surface area contributed by atoms with E-state index in [1.54, 1.807) is 7.11 Å². The lowest BCUT2D eigenvalue weighted by atomic mass is 9.77. The molecule has 0 amide bonds. The summed E-state index contributed by atoms with van der Waals surface area (Å²) in [4.78, 5) is 0. The summed E-state index contributed by atoms with van der Waals surface area (Å²) in [6.07, 6.45) is 4.55. The summed E-state index contributed by atoms with van der Waals surface area (Å²) < 4.78 is 5.29. The highest BCUT2D eigenvalue weighted by atomic mass is 16.5. The van der Waals surface area contributed by atoms with E-state index in [-0.39, 0.29) is 12.1 Å². The number of benzene rings is 1. The molecule has 0 aliphatic heterocycles. The fraction of sp³-hybridized carbons (Fsp3) is 0.647. The third kappa shape index (κ3) is 3.53. The zero-order chi connectivity index (χ0) is 14.6. The van der Waals surface area contributed by atoms with Crippen molar-refractivity contribution in [2.24, 2.45) is 5.92 Å². The van der Waals surface area contributed by atoms with Crippen molar-refractivity contribution in [3.05, 3.63) is 29.3 Å². The molecule has 0 heterocycles. The van der Waals surface area contributed by atoms with Gasteiger partial charge in [0.05, 0.1) is 13.7 Å². The van der Waals surface area contributed by atoms with Crippen molar-refractivity contribution in [3.63, 3.8) is 0 Å². The summed E-state index contributed by atoms with van der Waals surface area (Å²) in [6.45, 7) is 5.40. The number of hydrogen-bond donors (Lipinski definition) is 2. The second-order valence-electron chi connectivity index (χ2n) is 6.28. The molecule has 1 aliphatic carbocycles. The zero-order valence-corrected chi connectivity index (χ0v) is 12.9. The molecule has 0 atom stereocenters. The van der Waals surface area contributed by atoms with Crippen LogP contribution in [0.1, 0.15) is 43.7 Å². The van der Waals surface area contributed by atoms with Crippen LogP contribution in [-0.2, 0) is 6.54 Å². The Balaban J connectivity index is 1.98. The molecular formula is C17H27NO2. The number of aliphatic hydroxyl groups is 1. The first-order valence-corrected chi connectivity index (χ1v) is 7.58. The van der Waals surface area contributed by atoms with Crippen LogP contribution in [0.2, 0.25) is 0 Å². The topological polar surface area (TPSA) is 41.5 Å². The second-order valence-corrected chi connectivity index (χ2v) is 6.28. The van der Waals surface area contributed by atoms with E-state index in [1.165, 1.54) is 18.4 Å². The second kappa shape index (κ2) is 6.59. The number of rotatable bonds is 5. The number of aliphatic hydroxyl groups excluding tert-OH is 1. The number of ether oxygens (including phenoxy) is 1. The molecule has 0 saturated heterocycles. The van der Waals surface area contributed by atoms with Crippen LogP contribution in [0.15, 0.2) is 18.2 Å². The van der Waals surface area contributed by atoms with Crippen LogP contribution >= 0.6 is 0 Å².